The first-order valence-electron chi connectivity index (χ1n) is 17.9. The zero-order valence-electron chi connectivity index (χ0n) is 30.8. The van der Waals surface area contributed by atoms with Crippen LogP contribution in [0.3, 0.4) is 0 Å². The fraction of sp³-hybridized carbons (Fsp3) is 0.125. The average Bonchev–Trinajstić information content (AvgIpc) is 3.17. The first kappa shape index (κ1) is 39.2. The van der Waals surface area contributed by atoms with Gasteiger partial charge in [-0.3, -0.25) is 0 Å². The summed E-state index contributed by atoms with van der Waals surface area (Å²) in [6, 6.07) is 35.3. The number of hydrogen-bond acceptors (Lipinski definition) is 0. The molecular formula is C48H33F9. The third-order valence-electron chi connectivity index (χ3n) is 10.3. The molecule has 7 rings (SSSR count). The molecule has 0 nitrogen and oxygen atoms in total. The molecule has 0 radical (unpaired) electrons. The van der Waals surface area contributed by atoms with Gasteiger partial charge >= 0.3 is 18.5 Å². The van der Waals surface area contributed by atoms with Crippen molar-refractivity contribution in [3.63, 3.8) is 0 Å². The number of alkyl halides is 9. The van der Waals surface area contributed by atoms with Gasteiger partial charge in [0.1, 0.15) is 0 Å². The summed E-state index contributed by atoms with van der Waals surface area (Å²) in [5, 5.41) is 0. The largest absolute Gasteiger partial charge is 0.417 e. The maximum atomic E-state index is 15.1. The van der Waals surface area contributed by atoms with E-state index in [9.17, 15) is 26.3 Å². The van der Waals surface area contributed by atoms with Crippen molar-refractivity contribution in [1.29, 1.82) is 0 Å². The number of hydrogen-bond donors (Lipinski definition) is 0. The summed E-state index contributed by atoms with van der Waals surface area (Å²) in [4.78, 5) is 0. The lowest BCUT2D eigenvalue weighted by Gasteiger charge is -2.24. The minimum Gasteiger partial charge on any atom is -0.166 e. The lowest BCUT2D eigenvalue weighted by atomic mass is 9.81. The van der Waals surface area contributed by atoms with Gasteiger partial charge in [0.25, 0.3) is 0 Å². The predicted octanol–water partition coefficient (Wildman–Crippen LogP) is 15.7. The highest BCUT2D eigenvalue weighted by molar-refractivity contribution is 5.98. The van der Waals surface area contributed by atoms with E-state index in [1.807, 2.05) is 49.4 Å². The van der Waals surface area contributed by atoms with Crippen molar-refractivity contribution in [2.24, 2.45) is 0 Å². The van der Waals surface area contributed by atoms with E-state index in [-0.39, 0.29) is 33.4 Å². The number of benzene rings is 7. The van der Waals surface area contributed by atoms with Gasteiger partial charge in [0.2, 0.25) is 0 Å². The standard InChI is InChI=1S/C48H33F9/c1-28-12-4-6-14-33(28)31-21-20-30(3)37(24-31)40-26-38(34-15-7-5-13-29(34)2)41(27-39(40)36-17-9-11-19-44(36)47(52,53)54)42-25-32(22-23-45(42)48(55,56)57)35-16-8-10-18-43(35)46(49,50)51/h4-27H,1-3H3. The molecule has 0 aromatic heterocycles. The number of rotatable bonds is 6. The summed E-state index contributed by atoms with van der Waals surface area (Å²) in [6.07, 6.45) is -14.7. The quantitative estimate of drug-likeness (QED) is 0.147. The summed E-state index contributed by atoms with van der Waals surface area (Å²) < 4.78 is 133. The van der Waals surface area contributed by atoms with Crippen molar-refractivity contribution in [2.75, 3.05) is 0 Å². The molecule has 7 aromatic carbocycles. The Morgan fingerprint density at radius 2 is 0.614 bits per heavy atom. The van der Waals surface area contributed by atoms with Gasteiger partial charge in [-0.25, -0.2) is 0 Å². The lowest BCUT2D eigenvalue weighted by molar-refractivity contribution is -0.138. The zero-order chi connectivity index (χ0) is 40.9. The molecular weight excluding hydrogens is 748 g/mol. The van der Waals surface area contributed by atoms with E-state index < -0.39 is 40.8 Å². The summed E-state index contributed by atoms with van der Waals surface area (Å²) >= 11 is 0. The van der Waals surface area contributed by atoms with Crippen LogP contribution in [0.15, 0.2) is 146 Å². The van der Waals surface area contributed by atoms with E-state index in [4.69, 9.17) is 0 Å². The van der Waals surface area contributed by atoms with E-state index in [0.29, 0.717) is 27.8 Å². The third-order valence-corrected chi connectivity index (χ3v) is 10.3. The van der Waals surface area contributed by atoms with Crippen LogP contribution in [0.4, 0.5) is 39.5 Å². The van der Waals surface area contributed by atoms with E-state index >= 15 is 13.2 Å². The molecule has 0 spiro atoms. The SMILES string of the molecule is Cc1ccccc1-c1ccc(C)c(-c2cc(-c3ccccc3C)c(-c3cc(-c4ccccc4C(F)(F)F)ccc3C(F)(F)F)cc2-c2ccccc2C(F)(F)F)c1. The van der Waals surface area contributed by atoms with Gasteiger partial charge < -0.3 is 0 Å². The van der Waals surface area contributed by atoms with Crippen molar-refractivity contribution in [3.05, 3.63) is 179 Å². The van der Waals surface area contributed by atoms with Crippen LogP contribution in [0.25, 0.3) is 66.8 Å². The molecule has 0 saturated heterocycles. The molecule has 0 heterocycles. The molecule has 0 bridgehead atoms. The van der Waals surface area contributed by atoms with Crippen molar-refractivity contribution in [1.82, 2.24) is 0 Å². The molecule has 7 aromatic rings. The van der Waals surface area contributed by atoms with E-state index in [2.05, 4.69) is 0 Å². The molecule has 9 heteroatoms. The fourth-order valence-electron chi connectivity index (χ4n) is 7.47. The van der Waals surface area contributed by atoms with Crippen LogP contribution in [0, 0.1) is 20.8 Å². The van der Waals surface area contributed by atoms with Crippen LogP contribution < -0.4 is 0 Å². The zero-order valence-corrected chi connectivity index (χ0v) is 30.8. The first-order valence-corrected chi connectivity index (χ1v) is 17.9. The molecule has 288 valence electrons. The Morgan fingerprint density at radius 1 is 0.263 bits per heavy atom. The van der Waals surface area contributed by atoms with Crippen molar-refractivity contribution >= 4 is 0 Å². The molecule has 0 amide bonds. The van der Waals surface area contributed by atoms with Gasteiger partial charge in [-0.1, -0.05) is 103 Å². The van der Waals surface area contributed by atoms with Crippen LogP contribution in [0.5, 0.6) is 0 Å². The topological polar surface area (TPSA) is 0 Å². The van der Waals surface area contributed by atoms with Crippen molar-refractivity contribution in [2.45, 2.75) is 39.3 Å². The molecule has 0 N–H and O–H groups in total. The lowest BCUT2D eigenvalue weighted by Crippen LogP contribution is -2.10. The Morgan fingerprint density at radius 3 is 1.18 bits per heavy atom. The van der Waals surface area contributed by atoms with Crippen molar-refractivity contribution < 1.29 is 39.5 Å². The van der Waals surface area contributed by atoms with Gasteiger partial charge in [-0.15, -0.1) is 0 Å². The molecule has 0 saturated carbocycles. The molecule has 0 atom stereocenters. The Kier molecular flexibility index (Phi) is 10.1. The van der Waals surface area contributed by atoms with E-state index in [1.165, 1.54) is 42.5 Å². The highest BCUT2D eigenvalue weighted by Gasteiger charge is 2.38. The van der Waals surface area contributed by atoms with Gasteiger partial charge in [-0.2, -0.15) is 39.5 Å². The molecule has 0 aliphatic carbocycles. The van der Waals surface area contributed by atoms with Crippen LogP contribution in [0.2, 0.25) is 0 Å². The molecule has 0 aliphatic rings. The summed E-state index contributed by atoms with van der Waals surface area (Å²) in [7, 11) is 0. The van der Waals surface area contributed by atoms with Gasteiger partial charge in [-0.05, 0) is 147 Å². The number of aryl methyl sites for hydroxylation is 3. The second-order valence-electron chi connectivity index (χ2n) is 13.9. The average molecular weight is 781 g/mol. The van der Waals surface area contributed by atoms with Crippen LogP contribution in [-0.2, 0) is 18.5 Å². The van der Waals surface area contributed by atoms with Crippen LogP contribution >= 0.6 is 0 Å². The predicted molar refractivity (Wildman–Crippen MR) is 208 cm³/mol. The first-order chi connectivity index (χ1) is 26.9. The Bertz CT molecular complexity index is 2620. The van der Waals surface area contributed by atoms with Crippen LogP contribution in [-0.4, -0.2) is 0 Å². The molecule has 0 unspecified atom stereocenters. The molecule has 0 fully saturated rings. The Labute approximate surface area is 323 Å². The summed E-state index contributed by atoms with van der Waals surface area (Å²) in [6.45, 7) is 5.50. The molecule has 0 aliphatic heterocycles. The van der Waals surface area contributed by atoms with Crippen LogP contribution in [0.1, 0.15) is 33.4 Å². The third kappa shape index (κ3) is 7.71. The molecule has 57 heavy (non-hydrogen) atoms. The monoisotopic (exact) mass is 780 g/mol. The van der Waals surface area contributed by atoms with Gasteiger partial charge in [0.15, 0.2) is 0 Å². The smallest absolute Gasteiger partial charge is 0.166 e. The van der Waals surface area contributed by atoms with Gasteiger partial charge in [0, 0.05) is 0 Å². The summed E-state index contributed by atoms with van der Waals surface area (Å²) in [5.41, 5.74) is 1.02. The number of halogens is 9. The Hall–Kier alpha value is -6.09. The maximum Gasteiger partial charge on any atom is 0.417 e. The minimum absolute atomic E-state index is 0.00508. The highest BCUT2D eigenvalue weighted by Crippen LogP contribution is 2.50. The maximum absolute atomic E-state index is 15.1. The van der Waals surface area contributed by atoms with Gasteiger partial charge in [0.05, 0.1) is 16.7 Å². The minimum atomic E-state index is -5.00. The van der Waals surface area contributed by atoms with Crippen molar-refractivity contribution in [3.8, 4) is 66.8 Å². The summed E-state index contributed by atoms with van der Waals surface area (Å²) in [5.74, 6) is 0. The van der Waals surface area contributed by atoms with E-state index in [1.54, 1.807) is 44.2 Å². The normalized spacial score (nSPS) is 12.2. The fourth-order valence-corrected chi connectivity index (χ4v) is 7.47. The Balaban J connectivity index is 1.65. The second kappa shape index (κ2) is 14.8. The highest BCUT2D eigenvalue weighted by atomic mass is 19.4. The van der Waals surface area contributed by atoms with E-state index in [0.717, 1.165) is 47.0 Å². The second-order valence-corrected chi connectivity index (χ2v) is 13.9.